The number of alkyl halides is 3. The summed E-state index contributed by atoms with van der Waals surface area (Å²) in [6, 6.07) is 2.79. The van der Waals surface area contributed by atoms with Crippen molar-refractivity contribution in [2.75, 3.05) is 13.1 Å². The second-order valence-corrected chi connectivity index (χ2v) is 7.11. The molecule has 1 aromatic heterocycles. The molecule has 3 rings (SSSR count). The lowest BCUT2D eigenvalue weighted by Crippen LogP contribution is -2.31. The summed E-state index contributed by atoms with van der Waals surface area (Å²) in [5.74, 6) is -0.495. The maximum Gasteiger partial charge on any atom is 0.416 e. The second-order valence-electron chi connectivity index (χ2n) is 5.84. The van der Waals surface area contributed by atoms with Crippen molar-refractivity contribution in [3.63, 3.8) is 0 Å². The normalized spacial score (nSPS) is 18.3. The first kappa shape index (κ1) is 17.9. The van der Waals surface area contributed by atoms with E-state index in [4.69, 9.17) is 0 Å². The Labute approximate surface area is 147 Å². The summed E-state index contributed by atoms with van der Waals surface area (Å²) in [7, 11) is 0. The summed E-state index contributed by atoms with van der Waals surface area (Å²) in [5.41, 5.74) is 0.0550. The molecule has 134 valence electrons. The minimum Gasteiger partial charge on any atom is -0.507 e. The SMILES string of the molecule is Cc1nc(S[C@@H]2CCCNC2)nnc1-c1ccc(C(F)(F)F)cc1O. The van der Waals surface area contributed by atoms with Crippen LogP contribution in [0.2, 0.25) is 0 Å². The van der Waals surface area contributed by atoms with Gasteiger partial charge in [-0.2, -0.15) is 13.2 Å². The fourth-order valence-corrected chi connectivity index (χ4v) is 3.72. The van der Waals surface area contributed by atoms with Gasteiger partial charge in [0.25, 0.3) is 0 Å². The van der Waals surface area contributed by atoms with E-state index < -0.39 is 17.5 Å². The van der Waals surface area contributed by atoms with E-state index in [0.29, 0.717) is 22.2 Å². The first-order valence-corrected chi connectivity index (χ1v) is 8.72. The van der Waals surface area contributed by atoms with Crippen LogP contribution in [-0.4, -0.2) is 38.6 Å². The third-order valence-electron chi connectivity index (χ3n) is 3.95. The molecule has 5 nitrogen and oxygen atoms in total. The Morgan fingerprint density at radius 3 is 2.68 bits per heavy atom. The van der Waals surface area contributed by atoms with Crippen LogP contribution in [0.3, 0.4) is 0 Å². The smallest absolute Gasteiger partial charge is 0.416 e. The van der Waals surface area contributed by atoms with Gasteiger partial charge >= 0.3 is 6.18 Å². The van der Waals surface area contributed by atoms with Crippen molar-refractivity contribution < 1.29 is 18.3 Å². The number of aromatic nitrogens is 3. The maximum absolute atomic E-state index is 12.7. The Morgan fingerprint density at radius 2 is 2.08 bits per heavy atom. The molecule has 0 saturated carbocycles. The van der Waals surface area contributed by atoms with E-state index in [9.17, 15) is 18.3 Å². The van der Waals surface area contributed by atoms with E-state index in [1.165, 1.54) is 17.8 Å². The van der Waals surface area contributed by atoms with Crippen LogP contribution in [0.5, 0.6) is 5.75 Å². The van der Waals surface area contributed by atoms with Gasteiger partial charge in [0, 0.05) is 17.4 Å². The molecule has 2 aromatic rings. The molecule has 0 aliphatic carbocycles. The molecule has 1 fully saturated rings. The molecule has 1 aromatic carbocycles. The number of benzene rings is 1. The van der Waals surface area contributed by atoms with Gasteiger partial charge in [-0.05, 0) is 44.5 Å². The Hall–Kier alpha value is -1.87. The Morgan fingerprint density at radius 1 is 1.28 bits per heavy atom. The van der Waals surface area contributed by atoms with Gasteiger partial charge in [-0.3, -0.25) is 0 Å². The van der Waals surface area contributed by atoms with E-state index in [1.54, 1.807) is 6.92 Å². The number of halogens is 3. The zero-order valence-electron chi connectivity index (χ0n) is 13.5. The molecule has 2 N–H and O–H groups in total. The molecule has 0 bridgehead atoms. The third kappa shape index (κ3) is 4.21. The number of hydrogen-bond donors (Lipinski definition) is 2. The number of piperidine rings is 1. The van der Waals surface area contributed by atoms with Crippen LogP contribution in [0.25, 0.3) is 11.3 Å². The van der Waals surface area contributed by atoms with E-state index in [1.807, 2.05) is 0 Å². The van der Waals surface area contributed by atoms with Crippen LogP contribution in [-0.2, 0) is 6.18 Å². The summed E-state index contributed by atoms with van der Waals surface area (Å²) in [6.07, 6.45) is -2.34. The molecule has 1 atom stereocenters. The predicted molar refractivity (Wildman–Crippen MR) is 88.4 cm³/mol. The van der Waals surface area contributed by atoms with E-state index in [0.717, 1.165) is 32.0 Å². The van der Waals surface area contributed by atoms with Gasteiger partial charge in [0.15, 0.2) is 0 Å². The third-order valence-corrected chi connectivity index (χ3v) is 5.06. The monoisotopic (exact) mass is 370 g/mol. The summed E-state index contributed by atoms with van der Waals surface area (Å²) in [5, 5.41) is 22.3. The van der Waals surface area contributed by atoms with Crippen molar-refractivity contribution in [1.82, 2.24) is 20.5 Å². The molecule has 0 amide bonds. The first-order valence-electron chi connectivity index (χ1n) is 7.84. The highest BCUT2D eigenvalue weighted by Gasteiger charge is 2.31. The number of phenols is 1. The number of thioether (sulfide) groups is 1. The number of nitrogens with one attached hydrogen (secondary N) is 1. The zero-order valence-corrected chi connectivity index (χ0v) is 14.3. The van der Waals surface area contributed by atoms with Crippen LogP contribution in [0.15, 0.2) is 23.4 Å². The topological polar surface area (TPSA) is 70.9 Å². The van der Waals surface area contributed by atoms with Crippen molar-refractivity contribution >= 4 is 11.8 Å². The Balaban J connectivity index is 1.83. The van der Waals surface area contributed by atoms with Crippen molar-refractivity contribution in [3.8, 4) is 17.0 Å². The molecule has 0 unspecified atom stereocenters. The maximum atomic E-state index is 12.7. The Kier molecular flexibility index (Phi) is 5.14. The minimum absolute atomic E-state index is 0.182. The highest BCUT2D eigenvalue weighted by atomic mass is 32.2. The largest absolute Gasteiger partial charge is 0.507 e. The summed E-state index contributed by atoms with van der Waals surface area (Å²) < 4.78 is 38.1. The fraction of sp³-hybridized carbons (Fsp3) is 0.438. The standard InChI is InChI=1S/C16H17F3N4OS/c1-9-14(12-5-4-10(7-13(12)24)16(17,18)19)22-23-15(21-9)25-11-3-2-6-20-8-11/h4-5,7,11,20,24H,2-3,6,8H2,1H3/t11-/m1/s1. The number of aromatic hydroxyl groups is 1. The lowest BCUT2D eigenvalue weighted by Gasteiger charge is -2.21. The van der Waals surface area contributed by atoms with Gasteiger partial charge in [-0.25, -0.2) is 4.98 Å². The van der Waals surface area contributed by atoms with Gasteiger partial charge < -0.3 is 10.4 Å². The van der Waals surface area contributed by atoms with Gasteiger partial charge in [-0.15, -0.1) is 10.2 Å². The van der Waals surface area contributed by atoms with E-state index in [-0.39, 0.29) is 11.3 Å². The second kappa shape index (κ2) is 7.17. The molecule has 1 saturated heterocycles. The van der Waals surface area contributed by atoms with Crippen LogP contribution in [0.4, 0.5) is 13.2 Å². The van der Waals surface area contributed by atoms with Crippen molar-refractivity contribution in [2.24, 2.45) is 0 Å². The van der Waals surface area contributed by atoms with Crippen LogP contribution in [0.1, 0.15) is 24.1 Å². The highest BCUT2D eigenvalue weighted by Crippen LogP contribution is 2.36. The quantitative estimate of drug-likeness (QED) is 0.863. The Bertz CT molecular complexity index is 764. The van der Waals surface area contributed by atoms with Gasteiger partial charge in [-0.1, -0.05) is 11.8 Å². The van der Waals surface area contributed by atoms with Crippen LogP contribution in [0, 0.1) is 6.92 Å². The van der Waals surface area contributed by atoms with E-state index in [2.05, 4.69) is 20.5 Å². The summed E-state index contributed by atoms with van der Waals surface area (Å²) in [6.45, 7) is 3.60. The molecule has 0 radical (unpaired) electrons. The van der Waals surface area contributed by atoms with Crippen LogP contribution >= 0.6 is 11.8 Å². The average molecular weight is 370 g/mol. The van der Waals surface area contributed by atoms with Gasteiger partial charge in [0.05, 0.1) is 11.3 Å². The minimum atomic E-state index is -4.51. The molecule has 1 aliphatic rings. The first-order chi connectivity index (χ1) is 11.8. The lowest BCUT2D eigenvalue weighted by atomic mass is 10.1. The summed E-state index contributed by atoms with van der Waals surface area (Å²) >= 11 is 1.53. The molecule has 9 heteroatoms. The molecular weight excluding hydrogens is 353 g/mol. The fourth-order valence-electron chi connectivity index (χ4n) is 2.66. The highest BCUT2D eigenvalue weighted by molar-refractivity contribution is 7.99. The number of nitrogens with zero attached hydrogens (tertiary/aromatic N) is 3. The molecule has 2 heterocycles. The zero-order chi connectivity index (χ0) is 18.0. The summed E-state index contributed by atoms with van der Waals surface area (Å²) in [4.78, 5) is 4.38. The number of rotatable bonds is 3. The number of phenolic OH excluding ortho intramolecular Hbond substituents is 1. The molecule has 0 spiro atoms. The molecule has 25 heavy (non-hydrogen) atoms. The number of aryl methyl sites for hydroxylation is 1. The lowest BCUT2D eigenvalue weighted by molar-refractivity contribution is -0.137. The van der Waals surface area contributed by atoms with E-state index >= 15 is 0 Å². The van der Waals surface area contributed by atoms with Crippen molar-refractivity contribution in [2.45, 2.75) is 36.3 Å². The van der Waals surface area contributed by atoms with Gasteiger partial charge in [0.1, 0.15) is 11.4 Å². The average Bonchev–Trinajstić information content (AvgIpc) is 2.56. The van der Waals surface area contributed by atoms with Gasteiger partial charge in [0.2, 0.25) is 5.16 Å². The predicted octanol–water partition coefficient (Wildman–Crippen LogP) is 3.42. The van der Waals surface area contributed by atoms with Crippen LogP contribution < -0.4 is 5.32 Å². The number of hydrogen-bond acceptors (Lipinski definition) is 6. The van der Waals surface area contributed by atoms with Crippen molar-refractivity contribution in [1.29, 1.82) is 0 Å². The van der Waals surface area contributed by atoms with Crippen molar-refractivity contribution in [3.05, 3.63) is 29.5 Å². The molecule has 1 aliphatic heterocycles. The molecular formula is C16H17F3N4OS.